The van der Waals surface area contributed by atoms with Crippen LogP contribution in [0.15, 0.2) is 63.3 Å². The highest BCUT2D eigenvalue weighted by atomic mass is 79.9. The van der Waals surface area contributed by atoms with Gasteiger partial charge in [-0.1, -0.05) is 69.7 Å². The highest BCUT2D eigenvalue weighted by Crippen LogP contribution is 2.31. The van der Waals surface area contributed by atoms with Gasteiger partial charge in [0.05, 0.1) is 5.71 Å². The SMILES string of the molecule is Cc1ccc(C2=Nn3c(nnc3-c3ccccc3Br)SC2)cc1. The van der Waals surface area contributed by atoms with E-state index in [2.05, 4.69) is 57.3 Å². The van der Waals surface area contributed by atoms with Gasteiger partial charge in [-0.15, -0.1) is 10.2 Å². The van der Waals surface area contributed by atoms with Crippen LogP contribution in [0.5, 0.6) is 0 Å². The van der Waals surface area contributed by atoms with Crippen molar-refractivity contribution in [3.63, 3.8) is 0 Å². The maximum atomic E-state index is 4.79. The van der Waals surface area contributed by atoms with Crippen molar-refractivity contribution in [2.75, 3.05) is 5.75 Å². The lowest BCUT2D eigenvalue weighted by molar-refractivity contribution is 0.762. The summed E-state index contributed by atoms with van der Waals surface area (Å²) in [7, 11) is 0. The first-order chi connectivity index (χ1) is 11.2. The molecule has 0 aliphatic carbocycles. The summed E-state index contributed by atoms with van der Waals surface area (Å²) in [5.74, 6) is 1.56. The van der Waals surface area contributed by atoms with Crippen LogP contribution in [-0.4, -0.2) is 26.3 Å². The second-order valence-corrected chi connectivity index (χ2v) is 7.10. The molecule has 2 heterocycles. The third-order valence-corrected chi connectivity index (χ3v) is 5.29. The van der Waals surface area contributed by atoms with Crippen LogP contribution < -0.4 is 0 Å². The van der Waals surface area contributed by atoms with Gasteiger partial charge in [-0.05, 0) is 24.6 Å². The molecule has 0 spiro atoms. The number of fused-ring (bicyclic) bond motifs is 1. The van der Waals surface area contributed by atoms with Gasteiger partial charge in [-0.25, -0.2) is 0 Å². The van der Waals surface area contributed by atoms with Crippen molar-refractivity contribution in [1.82, 2.24) is 14.9 Å². The summed E-state index contributed by atoms with van der Waals surface area (Å²) in [6.07, 6.45) is 0. The first-order valence-electron chi connectivity index (χ1n) is 7.20. The fraction of sp³-hybridized carbons (Fsp3) is 0.118. The summed E-state index contributed by atoms with van der Waals surface area (Å²) < 4.78 is 2.82. The Morgan fingerprint density at radius 1 is 1.04 bits per heavy atom. The Kier molecular flexibility index (Phi) is 3.79. The summed E-state index contributed by atoms with van der Waals surface area (Å²) in [6.45, 7) is 2.09. The lowest BCUT2D eigenvalue weighted by Gasteiger charge is -2.14. The van der Waals surface area contributed by atoms with E-state index in [9.17, 15) is 0 Å². The van der Waals surface area contributed by atoms with Gasteiger partial charge in [0.2, 0.25) is 5.16 Å². The van der Waals surface area contributed by atoms with Crippen molar-refractivity contribution in [2.24, 2.45) is 5.10 Å². The molecule has 114 valence electrons. The zero-order valence-electron chi connectivity index (χ0n) is 12.4. The molecule has 4 rings (SSSR count). The quantitative estimate of drug-likeness (QED) is 0.658. The fourth-order valence-electron chi connectivity index (χ4n) is 2.43. The van der Waals surface area contributed by atoms with Crippen LogP contribution >= 0.6 is 27.7 Å². The number of thioether (sulfide) groups is 1. The van der Waals surface area contributed by atoms with E-state index in [1.54, 1.807) is 11.8 Å². The topological polar surface area (TPSA) is 43.1 Å². The van der Waals surface area contributed by atoms with Gasteiger partial charge in [-0.3, -0.25) is 0 Å². The van der Waals surface area contributed by atoms with Crippen molar-refractivity contribution < 1.29 is 0 Å². The Labute approximate surface area is 146 Å². The summed E-state index contributed by atoms with van der Waals surface area (Å²) in [4.78, 5) is 0. The predicted octanol–water partition coefficient (Wildman–Crippen LogP) is 4.37. The molecular weight excluding hydrogens is 372 g/mol. The van der Waals surface area contributed by atoms with Crippen molar-refractivity contribution in [3.8, 4) is 11.4 Å². The zero-order chi connectivity index (χ0) is 15.8. The minimum Gasteiger partial charge on any atom is -0.186 e. The van der Waals surface area contributed by atoms with Gasteiger partial charge < -0.3 is 0 Å². The molecule has 2 aromatic carbocycles. The molecule has 0 saturated carbocycles. The summed E-state index contributed by atoms with van der Waals surface area (Å²) in [5, 5.41) is 14.2. The molecule has 0 atom stereocenters. The Hall–Kier alpha value is -1.92. The minimum atomic E-state index is 0.754. The highest BCUT2D eigenvalue weighted by Gasteiger charge is 2.21. The molecule has 0 fully saturated rings. The van der Waals surface area contributed by atoms with Crippen LogP contribution in [0.4, 0.5) is 0 Å². The maximum absolute atomic E-state index is 4.79. The molecule has 4 nitrogen and oxygen atoms in total. The molecule has 0 N–H and O–H groups in total. The number of rotatable bonds is 2. The maximum Gasteiger partial charge on any atom is 0.212 e. The van der Waals surface area contributed by atoms with E-state index in [1.165, 1.54) is 5.56 Å². The third kappa shape index (κ3) is 2.72. The van der Waals surface area contributed by atoms with Crippen molar-refractivity contribution >= 4 is 33.4 Å². The van der Waals surface area contributed by atoms with E-state index in [4.69, 9.17) is 5.10 Å². The molecule has 3 aromatic rings. The normalized spacial score (nSPS) is 13.6. The van der Waals surface area contributed by atoms with Crippen molar-refractivity contribution in [1.29, 1.82) is 0 Å². The number of halogens is 1. The first-order valence-corrected chi connectivity index (χ1v) is 8.98. The lowest BCUT2D eigenvalue weighted by atomic mass is 10.1. The largest absolute Gasteiger partial charge is 0.212 e. The standard InChI is InChI=1S/C17H13BrN4S/c1-11-6-8-12(9-7-11)15-10-23-17-20-19-16(22(17)21-15)13-4-2-3-5-14(13)18/h2-9H,10H2,1H3. The number of aromatic nitrogens is 3. The van der Waals surface area contributed by atoms with Crippen LogP contribution in [-0.2, 0) is 0 Å². The minimum absolute atomic E-state index is 0.754. The average molecular weight is 385 g/mol. The van der Waals surface area contributed by atoms with Crippen LogP contribution in [0.3, 0.4) is 0 Å². The molecule has 23 heavy (non-hydrogen) atoms. The molecule has 0 amide bonds. The van der Waals surface area contributed by atoms with Crippen LogP contribution in [0.1, 0.15) is 11.1 Å². The number of hydrogen-bond donors (Lipinski definition) is 0. The van der Waals surface area contributed by atoms with Gasteiger partial charge >= 0.3 is 0 Å². The fourth-order valence-corrected chi connectivity index (χ4v) is 3.73. The van der Waals surface area contributed by atoms with Crippen molar-refractivity contribution in [2.45, 2.75) is 12.1 Å². The van der Waals surface area contributed by atoms with Gasteiger partial charge in [-0.2, -0.15) is 9.78 Å². The lowest BCUT2D eigenvalue weighted by Crippen LogP contribution is -2.13. The van der Waals surface area contributed by atoms with Gasteiger partial charge in [0.25, 0.3) is 0 Å². The number of benzene rings is 2. The molecule has 0 saturated heterocycles. The third-order valence-electron chi connectivity index (χ3n) is 3.67. The molecule has 0 unspecified atom stereocenters. The number of aryl methyl sites for hydroxylation is 1. The van der Waals surface area contributed by atoms with E-state index in [0.29, 0.717) is 0 Å². The smallest absolute Gasteiger partial charge is 0.186 e. The van der Waals surface area contributed by atoms with Gasteiger partial charge in [0, 0.05) is 15.8 Å². The second-order valence-electron chi connectivity index (χ2n) is 5.30. The molecule has 1 aromatic heterocycles. The molecule has 6 heteroatoms. The Morgan fingerprint density at radius 3 is 2.61 bits per heavy atom. The number of nitrogens with zero attached hydrogens (tertiary/aromatic N) is 4. The summed E-state index contributed by atoms with van der Waals surface area (Å²) in [6, 6.07) is 16.4. The molecule has 1 aliphatic rings. The zero-order valence-corrected chi connectivity index (χ0v) is 14.8. The monoisotopic (exact) mass is 384 g/mol. The molecular formula is C17H13BrN4S. The molecule has 0 bridgehead atoms. The van der Waals surface area contributed by atoms with E-state index in [0.717, 1.165) is 38.0 Å². The Bertz CT molecular complexity index is 899. The van der Waals surface area contributed by atoms with E-state index < -0.39 is 0 Å². The Morgan fingerprint density at radius 2 is 1.83 bits per heavy atom. The van der Waals surface area contributed by atoms with E-state index in [1.807, 2.05) is 28.9 Å². The first kappa shape index (κ1) is 14.7. The van der Waals surface area contributed by atoms with Gasteiger partial charge in [0.1, 0.15) is 0 Å². The molecule has 0 radical (unpaired) electrons. The van der Waals surface area contributed by atoms with Crippen molar-refractivity contribution in [3.05, 3.63) is 64.1 Å². The van der Waals surface area contributed by atoms with Crippen LogP contribution in [0.2, 0.25) is 0 Å². The predicted molar refractivity (Wildman–Crippen MR) is 97.0 cm³/mol. The van der Waals surface area contributed by atoms with E-state index in [-0.39, 0.29) is 0 Å². The summed E-state index contributed by atoms with van der Waals surface area (Å²) >= 11 is 5.24. The highest BCUT2D eigenvalue weighted by molar-refractivity contribution is 9.10. The van der Waals surface area contributed by atoms with E-state index >= 15 is 0 Å². The van der Waals surface area contributed by atoms with Gasteiger partial charge in [0.15, 0.2) is 5.82 Å². The average Bonchev–Trinajstić information content (AvgIpc) is 2.99. The number of hydrogen-bond acceptors (Lipinski definition) is 4. The van der Waals surface area contributed by atoms with Crippen LogP contribution in [0, 0.1) is 6.92 Å². The Balaban J connectivity index is 1.81. The second kappa shape index (κ2) is 5.94. The van der Waals surface area contributed by atoms with Crippen LogP contribution in [0.25, 0.3) is 11.4 Å². The molecule has 1 aliphatic heterocycles. The summed E-state index contributed by atoms with van der Waals surface area (Å²) in [5.41, 5.74) is 4.41.